The zero-order valence-electron chi connectivity index (χ0n) is 23.0. The van der Waals surface area contributed by atoms with Crippen molar-refractivity contribution in [2.45, 2.75) is 45.6 Å². The van der Waals surface area contributed by atoms with Gasteiger partial charge in [-0.1, -0.05) is 13.0 Å². The highest BCUT2D eigenvalue weighted by molar-refractivity contribution is 5.95. The van der Waals surface area contributed by atoms with Crippen LogP contribution in [-0.4, -0.2) is 60.0 Å². The number of hydrogen-bond donors (Lipinski definition) is 3. The molecule has 1 amide bonds. The van der Waals surface area contributed by atoms with Gasteiger partial charge < -0.3 is 16.0 Å². The normalized spacial score (nSPS) is 20.3. The molecule has 0 bridgehead atoms. The van der Waals surface area contributed by atoms with Crippen LogP contribution in [0.3, 0.4) is 0 Å². The monoisotopic (exact) mass is 545 g/mol. The van der Waals surface area contributed by atoms with E-state index in [2.05, 4.69) is 52.6 Å². The summed E-state index contributed by atoms with van der Waals surface area (Å²) in [7, 11) is 0. The first-order chi connectivity index (χ1) is 19.7. The number of carbonyl (C=O) groups is 1. The van der Waals surface area contributed by atoms with Crippen LogP contribution < -0.4 is 16.0 Å². The van der Waals surface area contributed by atoms with Crippen molar-refractivity contribution in [1.29, 1.82) is 0 Å². The third kappa shape index (κ3) is 7.12. The van der Waals surface area contributed by atoms with Crippen molar-refractivity contribution in [1.82, 2.24) is 15.6 Å². The SMILES string of the molecule is CCc1cnccc1CNC(=O)c1cccc(NCC2=[N+](CCCC3CCCNC3)/C(=C3/[CH]C=NC=N3)N=N2)c1.[HH].[HH].[HH]. The van der Waals surface area contributed by atoms with E-state index in [4.69, 9.17) is 0 Å². The summed E-state index contributed by atoms with van der Waals surface area (Å²) >= 11 is 0. The Kier molecular flexibility index (Phi) is 9.52. The van der Waals surface area contributed by atoms with Gasteiger partial charge in [0, 0.05) is 40.7 Å². The van der Waals surface area contributed by atoms with Gasteiger partial charge in [0.15, 0.2) is 0 Å². The maximum absolute atomic E-state index is 12.9. The van der Waals surface area contributed by atoms with Crippen LogP contribution in [0.2, 0.25) is 0 Å². The van der Waals surface area contributed by atoms with Crippen LogP contribution >= 0.6 is 0 Å². The molecule has 5 rings (SSSR count). The van der Waals surface area contributed by atoms with Gasteiger partial charge in [-0.15, -0.1) is 0 Å². The summed E-state index contributed by atoms with van der Waals surface area (Å²) in [4.78, 5) is 25.5. The molecule has 0 saturated carbocycles. The average molecular weight is 546 g/mol. The fourth-order valence-electron chi connectivity index (χ4n) is 5.20. The number of allylic oxidation sites excluding steroid dienone is 1. The molecule has 10 nitrogen and oxygen atoms in total. The zero-order chi connectivity index (χ0) is 27.6. The molecule has 10 heteroatoms. The van der Waals surface area contributed by atoms with Gasteiger partial charge >= 0.3 is 11.7 Å². The number of azo groups is 1. The average Bonchev–Trinajstić information content (AvgIpc) is 3.42. The third-order valence-corrected chi connectivity index (χ3v) is 7.43. The Hall–Kier alpha value is -4.05. The zero-order valence-corrected chi connectivity index (χ0v) is 23.0. The lowest BCUT2D eigenvalue weighted by Gasteiger charge is -2.22. The van der Waals surface area contributed by atoms with Crippen LogP contribution in [0.25, 0.3) is 0 Å². The molecule has 1 unspecified atom stereocenters. The lowest BCUT2D eigenvalue weighted by Crippen LogP contribution is -2.30. The number of anilines is 1. The second-order valence-corrected chi connectivity index (χ2v) is 10.2. The number of aliphatic imine (C=N–C) groups is 2. The van der Waals surface area contributed by atoms with Crippen molar-refractivity contribution >= 4 is 30.0 Å². The Morgan fingerprint density at radius 3 is 2.98 bits per heavy atom. The summed E-state index contributed by atoms with van der Waals surface area (Å²) in [6.45, 7) is 6.07. The molecule has 213 valence electrons. The van der Waals surface area contributed by atoms with E-state index in [-0.39, 0.29) is 10.2 Å². The van der Waals surface area contributed by atoms with E-state index in [1.54, 1.807) is 12.4 Å². The number of piperidine rings is 1. The summed E-state index contributed by atoms with van der Waals surface area (Å²) < 4.78 is 2.15. The first-order valence-electron chi connectivity index (χ1n) is 14.1. The number of hydrogen-bond acceptors (Lipinski definition) is 8. The van der Waals surface area contributed by atoms with E-state index in [1.165, 1.54) is 19.2 Å². The second-order valence-electron chi connectivity index (χ2n) is 10.2. The molecule has 3 aliphatic heterocycles. The van der Waals surface area contributed by atoms with Crippen LogP contribution in [0, 0.1) is 12.3 Å². The predicted molar refractivity (Wildman–Crippen MR) is 164 cm³/mol. The first-order valence-corrected chi connectivity index (χ1v) is 14.1. The Labute approximate surface area is 240 Å². The van der Waals surface area contributed by atoms with Crippen LogP contribution in [-0.2, 0) is 13.0 Å². The van der Waals surface area contributed by atoms with Crippen LogP contribution in [0.5, 0.6) is 0 Å². The van der Waals surface area contributed by atoms with Gasteiger partial charge in [0.05, 0.1) is 23.2 Å². The van der Waals surface area contributed by atoms with E-state index in [0.717, 1.165) is 79.0 Å². The molecule has 3 aliphatic rings. The van der Waals surface area contributed by atoms with E-state index in [1.807, 2.05) is 42.9 Å². The molecule has 1 saturated heterocycles. The number of amides is 1. The fourth-order valence-corrected chi connectivity index (χ4v) is 5.20. The first kappa shape index (κ1) is 27.5. The Bertz CT molecular complexity index is 1370. The standard InChI is InChI=1S/C30H36N9O.3H2/c1-2-23-18-32-13-10-25(23)19-35-30(40)24-8-3-9-26(16-24)34-20-28-37-38-29(27-11-14-33-21-36-27)39(28)15-5-7-22-6-4-12-31-17-22;;;/h3,8-11,13-14,16,18,21-22,31,34H,2,4-7,12,15,17,19-20H2,1H3;3*1H/p+1. The number of nitrogens with one attached hydrogen (secondary N) is 3. The molecule has 4 heterocycles. The topological polar surface area (TPSA) is 118 Å². The van der Waals surface area contributed by atoms with Crippen molar-refractivity contribution < 1.29 is 13.6 Å². The summed E-state index contributed by atoms with van der Waals surface area (Å²) in [5, 5.41) is 19.0. The van der Waals surface area contributed by atoms with Gasteiger partial charge in [-0.3, -0.25) is 9.78 Å². The molecule has 1 atom stereocenters. The molecular weight excluding hydrogens is 502 g/mol. The minimum atomic E-state index is -0.117. The summed E-state index contributed by atoms with van der Waals surface area (Å²) in [5.41, 5.74) is 4.42. The molecule has 1 radical (unpaired) electrons. The molecule has 0 aliphatic carbocycles. The Morgan fingerprint density at radius 2 is 2.15 bits per heavy atom. The molecule has 40 heavy (non-hydrogen) atoms. The molecular formula is C30H43N9O+. The van der Waals surface area contributed by atoms with Gasteiger partial charge in [-0.05, 0) is 86.5 Å². The largest absolute Gasteiger partial charge is 0.375 e. The lowest BCUT2D eigenvalue weighted by molar-refractivity contribution is -0.476. The third-order valence-electron chi connectivity index (χ3n) is 7.43. The Morgan fingerprint density at radius 1 is 1.20 bits per heavy atom. The van der Waals surface area contributed by atoms with Gasteiger partial charge in [0.25, 0.3) is 5.91 Å². The molecule has 1 aromatic heterocycles. The van der Waals surface area contributed by atoms with Gasteiger partial charge in [0.2, 0.25) is 0 Å². The number of aromatic nitrogens is 1. The maximum Gasteiger partial charge on any atom is 0.328 e. The quantitative estimate of drug-likeness (QED) is 0.349. The van der Waals surface area contributed by atoms with Gasteiger partial charge in [-0.2, -0.15) is 0 Å². The maximum atomic E-state index is 12.9. The number of rotatable bonds is 11. The fraction of sp³-hybridized carbons (Fsp3) is 0.400. The molecule has 3 N–H and O–H groups in total. The highest BCUT2D eigenvalue weighted by Gasteiger charge is 2.30. The van der Waals surface area contributed by atoms with Crippen molar-refractivity contribution in [2.75, 3.05) is 31.5 Å². The molecule has 2 aromatic rings. The van der Waals surface area contributed by atoms with E-state index >= 15 is 0 Å². The van der Waals surface area contributed by atoms with Crippen LogP contribution in [0.1, 0.15) is 58.4 Å². The lowest BCUT2D eigenvalue weighted by atomic mass is 9.95. The predicted octanol–water partition coefficient (Wildman–Crippen LogP) is 4.87. The minimum Gasteiger partial charge on any atom is -0.375 e. The second kappa shape index (κ2) is 13.8. The van der Waals surface area contributed by atoms with Crippen LogP contribution in [0.4, 0.5) is 5.69 Å². The number of aryl methyl sites for hydroxylation is 1. The van der Waals surface area contributed by atoms with E-state index in [9.17, 15) is 4.79 Å². The van der Waals surface area contributed by atoms with Crippen molar-refractivity contribution in [2.24, 2.45) is 26.1 Å². The number of amidine groups is 1. The minimum absolute atomic E-state index is 0. The smallest absolute Gasteiger partial charge is 0.328 e. The van der Waals surface area contributed by atoms with E-state index in [0.29, 0.717) is 18.7 Å². The number of benzene rings is 1. The molecule has 0 spiro atoms. The highest BCUT2D eigenvalue weighted by Crippen LogP contribution is 2.22. The highest BCUT2D eigenvalue weighted by atomic mass is 16.1. The number of nitrogens with zero attached hydrogens (tertiary/aromatic N) is 6. The summed E-state index contributed by atoms with van der Waals surface area (Å²) in [6.07, 6.45) is 14.4. The van der Waals surface area contributed by atoms with E-state index < -0.39 is 0 Å². The number of carbonyl (C=O) groups excluding carboxylic acids is 1. The van der Waals surface area contributed by atoms with Crippen molar-refractivity contribution in [3.8, 4) is 0 Å². The van der Waals surface area contributed by atoms with Gasteiger partial charge in [0.1, 0.15) is 18.6 Å². The Balaban J connectivity index is 0.00000215. The van der Waals surface area contributed by atoms with Crippen molar-refractivity contribution in [3.63, 3.8) is 0 Å². The number of pyridine rings is 1. The van der Waals surface area contributed by atoms with Gasteiger partial charge in [-0.25, -0.2) is 14.6 Å². The summed E-state index contributed by atoms with van der Waals surface area (Å²) in [6, 6.07) is 9.48. The van der Waals surface area contributed by atoms with Crippen molar-refractivity contribution in [3.05, 3.63) is 77.4 Å². The molecule has 1 fully saturated rings. The van der Waals surface area contributed by atoms with Crippen LogP contribution in [0.15, 0.2) is 74.5 Å². The molecule has 1 aromatic carbocycles. The summed E-state index contributed by atoms with van der Waals surface area (Å²) in [5.74, 6) is 2.18.